The molecule has 2 aliphatic rings. The fourth-order valence-electron chi connectivity index (χ4n) is 4.60. The second kappa shape index (κ2) is 10.7. The molecule has 2 aromatic carbocycles. The van der Waals surface area contributed by atoms with E-state index in [9.17, 15) is 20.4 Å². The summed E-state index contributed by atoms with van der Waals surface area (Å²) in [5.41, 5.74) is 2.48. The molecule has 7 atom stereocenters. The Balaban J connectivity index is 1.45. The van der Waals surface area contributed by atoms with Crippen molar-refractivity contribution in [2.45, 2.75) is 68.4 Å². The van der Waals surface area contributed by atoms with Gasteiger partial charge in [-0.25, -0.2) is 0 Å². The van der Waals surface area contributed by atoms with Crippen molar-refractivity contribution in [2.75, 3.05) is 13.7 Å². The number of rotatable bonds is 7. The third-order valence-electron chi connectivity index (χ3n) is 6.58. The van der Waals surface area contributed by atoms with E-state index in [0.717, 1.165) is 36.1 Å². The predicted octanol–water partition coefficient (Wildman–Crippen LogP) is 2.39. The lowest BCUT2D eigenvalue weighted by Gasteiger charge is -2.40. The standard InChI is InChI=1S/C25H31ClO7/c1-31-18-7-8-19(12-18)32-17-5-2-14(3-6-17)10-16-11-15(4-9-20(16)26)25-24(30)23(29)22(28)21(13-27)33-25/h2-6,9,11,18-19,21-25,27-30H,7-8,10,12-13H2,1H3/t18-,19+,21+,22+,23-,24+,25-/m0/s1. The van der Waals surface area contributed by atoms with Gasteiger partial charge in [0.15, 0.2) is 0 Å². The van der Waals surface area contributed by atoms with E-state index in [1.54, 1.807) is 19.2 Å². The van der Waals surface area contributed by atoms with Crippen LogP contribution in [-0.2, 0) is 15.9 Å². The highest BCUT2D eigenvalue weighted by atomic mass is 35.5. The molecule has 8 heteroatoms. The first-order valence-corrected chi connectivity index (χ1v) is 11.6. The second-order valence-corrected chi connectivity index (χ2v) is 9.24. The van der Waals surface area contributed by atoms with E-state index in [-0.39, 0.29) is 12.2 Å². The Kier molecular flexibility index (Phi) is 7.91. The molecule has 33 heavy (non-hydrogen) atoms. The molecule has 0 unspecified atom stereocenters. The number of hydrogen-bond donors (Lipinski definition) is 4. The molecule has 2 fully saturated rings. The summed E-state index contributed by atoms with van der Waals surface area (Å²) < 4.78 is 17.2. The Morgan fingerprint density at radius 3 is 2.36 bits per heavy atom. The monoisotopic (exact) mass is 478 g/mol. The van der Waals surface area contributed by atoms with Gasteiger partial charge < -0.3 is 34.6 Å². The van der Waals surface area contributed by atoms with Crippen LogP contribution in [0, 0.1) is 0 Å². The van der Waals surface area contributed by atoms with Gasteiger partial charge in [-0.2, -0.15) is 0 Å². The van der Waals surface area contributed by atoms with E-state index in [0.29, 0.717) is 17.0 Å². The van der Waals surface area contributed by atoms with Crippen LogP contribution >= 0.6 is 11.6 Å². The number of hydrogen-bond acceptors (Lipinski definition) is 7. The molecule has 0 radical (unpaired) electrons. The summed E-state index contributed by atoms with van der Waals surface area (Å²) in [5, 5.41) is 40.6. The minimum Gasteiger partial charge on any atom is -0.490 e. The van der Waals surface area contributed by atoms with Gasteiger partial charge in [0.25, 0.3) is 0 Å². The fraction of sp³-hybridized carbons (Fsp3) is 0.520. The zero-order valence-corrected chi connectivity index (χ0v) is 19.3. The van der Waals surface area contributed by atoms with Crippen LogP contribution in [0.25, 0.3) is 0 Å². The Morgan fingerprint density at radius 2 is 1.70 bits per heavy atom. The molecule has 0 spiro atoms. The van der Waals surface area contributed by atoms with Gasteiger partial charge in [0.05, 0.1) is 12.7 Å². The summed E-state index contributed by atoms with van der Waals surface area (Å²) in [6.45, 7) is -0.469. The number of aliphatic hydroxyl groups excluding tert-OH is 4. The maximum Gasteiger partial charge on any atom is 0.119 e. The van der Waals surface area contributed by atoms with E-state index in [1.807, 2.05) is 30.3 Å². The summed E-state index contributed by atoms with van der Waals surface area (Å²) in [5.74, 6) is 0.821. The van der Waals surface area contributed by atoms with Crippen LogP contribution in [-0.4, -0.2) is 70.8 Å². The van der Waals surface area contributed by atoms with Crippen molar-refractivity contribution in [3.8, 4) is 5.75 Å². The summed E-state index contributed by atoms with van der Waals surface area (Å²) in [6, 6.07) is 13.1. The van der Waals surface area contributed by atoms with Crippen molar-refractivity contribution in [3.63, 3.8) is 0 Å². The third kappa shape index (κ3) is 5.52. The number of benzene rings is 2. The second-order valence-electron chi connectivity index (χ2n) is 8.83. The van der Waals surface area contributed by atoms with E-state index in [1.165, 1.54) is 0 Å². The molecule has 2 aromatic rings. The number of halogens is 1. The number of ether oxygens (including phenoxy) is 3. The van der Waals surface area contributed by atoms with Gasteiger partial charge in [0.1, 0.15) is 42.4 Å². The maximum absolute atomic E-state index is 10.4. The van der Waals surface area contributed by atoms with Crippen LogP contribution in [0.3, 0.4) is 0 Å². The Bertz CT molecular complexity index is 919. The number of methoxy groups -OCH3 is 1. The number of aliphatic hydroxyl groups is 4. The molecule has 0 amide bonds. The first-order valence-electron chi connectivity index (χ1n) is 11.3. The highest BCUT2D eigenvalue weighted by Gasteiger charge is 2.44. The van der Waals surface area contributed by atoms with Crippen LogP contribution in [0.1, 0.15) is 42.1 Å². The Labute approximate surface area is 198 Å². The molecule has 1 heterocycles. The first kappa shape index (κ1) is 24.4. The third-order valence-corrected chi connectivity index (χ3v) is 6.95. The predicted molar refractivity (Wildman–Crippen MR) is 122 cm³/mol. The zero-order chi connectivity index (χ0) is 23.5. The molecule has 4 N–H and O–H groups in total. The minimum absolute atomic E-state index is 0.172. The summed E-state index contributed by atoms with van der Waals surface area (Å²) in [7, 11) is 1.74. The lowest BCUT2D eigenvalue weighted by atomic mass is 9.90. The van der Waals surface area contributed by atoms with Crippen LogP contribution in [0.15, 0.2) is 42.5 Å². The average molecular weight is 479 g/mol. The van der Waals surface area contributed by atoms with Gasteiger partial charge >= 0.3 is 0 Å². The van der Waals surface area contributed by atoms with Crippen molar-refractivity contribution in [2.24, 2.45) is 0 Å². The van der Waals surface area contributed by atoms with Gasteiger partial charge in [-0.05, 0) is 54.2 Å². The van der Waals surface area contributed by atoms with E-state index in [4.69, 9.17) is 25.8 Å². The van der Waals surface area contributed by atoms with Gasteiger partial charge in [0.2, 0.25) is 0 Å². The van der Waals surface area contributed by atoms with Crippen molar-refractivity contribution >= 4 is 11.6 Å². The smallest absolute Gasteiger partial charge is 0.119 e. The lowest BCUT2D eigenvalue weighted by Crippen LogP contribution is -2.55. The SMILES string of the molecule is CO[C@H]1CC[C@@H](Oc2ccc(Cc3cc([C@@H]4O[C@H](CO)[C@@H](O)[C@H](O)[C@H]4O)ccc3Cl)cc2)C1. The van der Waals surface area contributed by atoms with Gasteiger partial charge in [-0.15, -0.1) is 0 Å². The van der Waals surface area contributed by atoms with Gasteiger partial charge in [0, 0.05) is 18.6 Å². The highest BCUT2D eigenvalue weighted by Crippen LogP contribution is 2.34. The molecule has 0 bridgehead atoms. The molecule has 1 saturated carbocycles. The normalized spacial score (nSPS) is 32.1. The molecular weight excluding hydrogens is 448 g/mol. The topological polar surface area (TPSA) is 109 Å². The zero-order valence-electron chi connectivity index (χ0n) is 18.5. The molecule has 0 aromatic heterocycles. The first-order chi connectivity index (χ1) is 15.9. The highest BCUT2D eigenvalue weighted by molar-refractivity contribution is 6.31. The summed E-state index contributed by atoms with van der Waals surface area (Å²) in [4.78, 5) is 0. The van der Waals surface area contributed by atoms with Crippen LogP contribution < -0.4 is 4.74 Å². The quantitative estimate of drug-likeness (QED) is 0.484. The van der Waals surface area contributed by atoms with Crippen LogP contribution in [0.5, 0.6) is 5.75 Å². The molecule has 180 valence electrons. The Hall–Kier alpha value is -1.71. The maximum atomic E-state index is 10.4. The van der Waals surface area contributed by atoms with Crippen LogP contribution in [0.2, 0.25) is 5.02 Å². The molecular formula is C25H31ClO7. The minimum atomic E-state index is -1.42. The van der Waals surface area contributed by atoms with Crippen LogP contribution in [0.4, 0.5) is 0 Å². The van der Waals surface area contributed by atoms with E-state index >= 15 is 0 Å². The molecule has 1 aliphatic carbocycles. The average Bonchev–Trinajstić information content (AvgIpc) is 3.28. The molecule has 1 saturated heterocycles. The van der Waals surface area contributed by atoms with E-state index < -0.39 is 37.1 Å². The van der Waals surface area contributed by atoms with Crippen molar-refractivity contribution in [1.29, 1.82) is 0 Å². The van der Waals surface area contributed by atoms with Gasteiger partial charge in [-0.3, -0.25) is 0 Å². The fourth-order valence-corrected chi connectivity index (χ4v) is 4.79. The lowest BCUT2D eigenvalue weighted by molar-refractivity contribution is -0.231. The molecule has 7 nitrogen and oxygen atoms in total. The van der Waals surface area contributed by atoms with Gasteiger partial charge in [-0.1, -0.05) is 35.9 Å². The van der Waals surface area contributed by atoms with Crippen molar-refractivity contribution in [1.82, 2.24) is 0 Å². The van der Waals surface area contributed by atoms with E-state index in [2.05, 4.69) is 0 Å². The van der Waals surface area contributed by atoms with Crippen molar-refractivity contribution in [3.05, 3.63) is 64.2 Å². The molecule has 4 rings (SSSR count). The van der Waals surface area contributed by atoms with Crippen molar-refractivity contribution < 1.29 is 34.6 Å². The largest absolute Gasteiger partial charge is 0.490 e. The Morgan fingerprint density at radius 1 is 0.970 bits per heavy atom. The molecule has 1 aliphatic heterocycles. The summed E-state index contributed by atoms with van der Waals surface area (Å²) in [6.07, 6.45) is -2.10. The summed E-state index contributed by atoms with van der Waals surface area (Å²) >= 11 is 6.43.